The largest absolute Gasteiger partial charge is 0.388 e. The monoisotopic (exact) mass is 263 g/mol. The molecule has 0 saturated heterocycles. The summed E-state index contributed by atoms with van der Waals surface area (Å²) in [4.78, 5) is 11.6. The van der Waals surface area contributed by atoms with Crippen LogP contribution >= 0.6 is 0 Å². The molecule has 0 unspecified atom stereocenters. The Morgan fingerprint density at radius 3 is 2.37 bits per heavy atom. The smallest absolute Gasteiger partial charge is 0.320 e. The summed E-state index contributed by atoms with van der Waals surface area (Å²) in [7, 11) is 1.68. The van der Waals surface area contributed by atoms with Gasteiger partial charge in [-0.1, -0.05) is 0 Å². The minimum atomic E-state index is -0.518. The zero-order valence-electron chi connectivity index (χ0n) is 10.8. The zero-order valence-corrected chi connectivity index (χ0v) is 10.8. The third-order valence-electron chi connectivity index (χ3n) is 3.08. The summed E-state index contributed by atoms with van der Waals surface area (Å²) >= 11 is 0. The first-order chi connectivity index (χ1) is 9.10. The van der Waals surface area contributed by atoms with Gasteiger partial charge in [0.2, 0.25) is 0 Å². The summed E-state index contributed by atoms with van der Waals surface area (Å²) in [5.41, 5.74) is 4.75. The lowest BCUT2D eigenvalue weighted by atomic mass is 9.93. The van der Waals surface area contributed by atoms with E-state index in [2.05, 4.69) is 10.6 Å². The van der Waals surface area contributed by atoms with Gasteiger partial charge in [0.05, 0.1) is 6.10 Å². The molecule has 7 nitrogen and oxygen atoms in total. The fraction of sp³-hybridized carbons (Fsp3) is 0.583. The van der Waals surface area contributed by atoms with E-state index >= 15 is 0 Å². The third kappa shape index (κ3) is 4.49. The number of nitrogens with zero attached hydrogens (tertiary/aromatic N) is 2. The molecule has 0 aromatic heterocycles. The second kappa shape index (κ2) is 7.24. The van der Waals surface area contributed by atoms with Crippen molar-refractivity contribution in [3.05, 3.63) is 11.4 Å². The Kier molecular flexibility index (Phi) is 5.65. The summed E-state index contributed by atoms with van der Waals surface area (Å²) in [5.74, 6) is 0. The number of urea groups is 1. The van der Waals surface area contributed by atoms with Gasteiger partial charge in [0, 0.05) is 13.2 Å². The number of allylic oxidation sites excluding steroid dienone is 2. The van der Waals surface area contributed by atoms with Crippen molar-refractivity contribution in [3.63, 3.8) is 0 Å². The van der Waals surface area contributed by atoms with Crippen LogP contribution in [0.1, 0.15) is 25.7 Å². The van der Waals surface area contributed by atoms with Crippen molar-refractivity contribution in [2.75, 3.05) is 7.11 Å². The number of methoxy groups -OCH3 is 1. The Balaban J connectivity index is 2.45. The van der Waals surface area contributed by atoms with E-state index in [0.29, 0.717) is 0 Å². The fourth-order valence-electron chi connectivity index (χ4n) is 1.99. The highest BCUT2D eigenvalue weighted by molar-refractivity contribution is 5.77. The molecule has 0 aromatic carbocycles. The Hall–Kier alpha value is -2.25. The molecule has 4 N–H and O–H groups in total. The molecule has 2 amide bonds. The molecule has 1 aliphatic carbocycles. The number of nitrogens with two attached hydrogens (primary N) is 1. The molecule has 7 heteroatoms. The first-order valence-electron chi connectivity index (χ1n) is 6.01. The lowest BCUT2D eigenvalue weighted by molar-refractivity contribution is 0.0636. The van der Waals surface area contributed by atoms with Gasteiger partial charge in [-0.05, 0) is 25.7 Å². The average molecular weight is 263 g/mol. The number of carbonyl (C=O) groups is 1. The van der Waals surface area contributed by atoms with Gasteiger partial charge in [0.25, 0.3) is 0 Å². The predicted molar refractivity (Wildman–Crippen MR) is 67.2 cm³/mol. The van der Waals surface area contributed by atoms with Gasteiger partial charge in [-0.3, -0.25) is 5.32 Å². The summed E-state index contributed by atoms with van der Waals surface area (Å²) in [6.45, 7) is 0. The van der Waals surface area contributed by atoms with Crippen LogP contribution in [0.3, 0.4) is 0 Å². The van der Waals surface area contributed by atoms with E-state index in [1.807, 2.05) is 0 Å². The highest BCUT2D eigenvalue weighted by atomic mass is 16.5. The first-order valence-corrected chi connectivity index (χ1v) is 6.01. The number of carbonyl (C=O) groups excluding carboxylic acids is 1. The number of amides is 2. The van der Waals surface area contributed by atoms with Crippen LogP contribution in [0.25, 0.3) is 0 Å². The quantitative estimate of drug-likeness (QED) is 0.638. The van der Waals surface area contributed by atoms with E-state index in [4.69, 9.17) is 21.0 Å². The third-order valence-corrected chi connectivity index (χ3v) is 3.08. The molecule has 0 heterocycles. The van der Waals surface area contributed by atoms with Crippen molar-refractivity contribution in [3.8, 4) is 12.1 Å². The van der Waals surface area contributed by atoms with Crippen LogP contribution in [0.4, 0.5) is 4.79 Å². The van der Waals surface area contributed by atoms with Gasteiger partial charge in [-0.25, -0.2) is 4.79 Å². The first kappa shape index (κ1) is 14.8. The number of hydrogen-bond acceptors (Lipinski definition) is 5. The SMILES string of the molecule is COC1CCC(NC(=O)N/C(C#N)=C(\N)C#N)CC1. The predicted octanol–water partition coefficient (Wildman–Crippen LogP) is 0.461. The summed E-state index contributed by atoms with van der Waals surface area (Å²) in [5, 5.41) is 22.3. The van der Waals surface area contributed by atoms with Crippen LogP contribution in [-0.2, 0) is 4.74 Å². The summed E-state index contributed by atoms with van der Waals surface area (Å²) in [6, 6.07) is 2.82. The molecule has 0 atom stereocenters. The lowest BCUT2D eigenvalue weighted by Gasteiger charge is -2.28. The number of ether oxygens (including phenoxy) is 1. The molecule has 1 saturated carbocycles. The average Bonchev–Trinajstić information content (AvgIpc) is 2.44. The second-order valence-corrected chi connectivity index (χ2v) is 4.32. The maximum atomic E-state index is 11.6. The zero-order chi connectivity index (χ0) is 14.3. The second-order valence-electron chi connectivity index (χ2n) is 4.32. The van der Waals surface area contributed by atoms with Crippen LogP contribution in [0.2, 0.25) is 0 Å². The lowest BCUT2D eigenvalue weighted by Crippen LogP contribution is -2.44. The van der Waals surface area contributed by atoms with Crippen molar-refractivity contribution in [2.45, 2.75) is 37.8 Å². The minimum absolute atomic E-state index is 0.0506. The Labute approximate surface area is 112 Å². The molecule has 0 radical (unpaired) electrons. The number of rotatable bonds is 3. The number of nitriles is 2. The van der Waals surface area contributed by atoms with Gasteiger partial charge in [-0.2, -0.15) is 10.5 Å². The van der Waals surface area contributed by atoms with Crippen LogP contribution in [0, 0.1) is 22.7 Å². The summed E-state index contributed by atoms with van der Waals surface area (Å²) < 4.78 is 5.24. The van der Waals surface area contributed by atoms with Crippen LogP contribution < -0.4 is 16.4 Å². The van der Waals surface area contributed by atoms with Crippen molar-refractivity contribution in [1.29, 1.82) is 10.5 Å². The van der Waals surface area contributed by atoms with Crippen LogP contribution in [-0.4, -0.2) is 25.3 Å². The highest BCUT2D eigenvalue weighted by Gasteiger charge is 2.22. The van der Waals surface area contributed by atoms with E-state index in [-0.39, 0.29) is 23.5 Å². The minimum Gasteiger partial charge on any atom is -0.388 e. The molecule has 0 aliphatic heterocycles. The van der Waals surface area contributed by atoms with Gasteiger partial charge in [0.15, 0.2) is 5.70 Å². The number of nitrogens with one attached hydrogen (secondary N) is 2. The van der Waals surface area contributed by atoms with Gasteiger partial charge < -0.3 is 15.8 Å². The van der Waals surface area contributed by atoms with E-state index in [1.54, 1.807) is 19.2 Å². The molecule has 0 aromatic rings. The normalized spacial score (nSPS) is 23.5. The van der Waals surface area contributed by atoms with Crippen molar-refractivity contribution in [1.82, 2.24) is 10.6 Å². The van der Waals surface area contributed by atoms with Crippen molar-refractivity contribution in [2.24, 2.45) is 5.73 Å². The van der Waals surface area contributed by atoms with Crippen LogP contribution in [0.15, 0.2) is 11.4 Å². The Bertz CT molecular complexity index is 438. The fourth-order valence-corrected chi connectivity index (χ4v) is 1.99. The Morgan fingerprint density at radius 1 is 1.26 bits per heavy atom. The molecule has 1 aliphatic rings. The van der Waals surface area contributed by atoms with Gasteiger partial charge >= 0.3 is 6.03 Å². The molecule has 0 spiro atoms. The maximum absolute atomic E-state index is 11.6. The van der Waals surface area contributed by atoms with Gasteiger partial charge in [-0.15, -0.1) is 0 Å². The van der Waals surface area contributed by atoms with Crippen molar-refractivity contribution >= 4 is 6.03 Å². The van der Waals surface area contributed by atoms with Crippen molar-refractivity contribution < 1.29 is 9.53 Å². The molecule has 1 rings (SSSR count). The summed E-state index contributed by atoms with van der Waals surface area (Å²) in [6.07, 6.45) is 3.69. The van der Waals surface area contributed by atoms with E-state index in [0.717, 1.165) is 25.7 Å². The molecule has 1 fully saturated rings. The van der Waals surface area contributed by atoms with Crippen LogP contribution in [0.5, 0.6) is 0 Å². The molecule has 0 bridgehead atoms. The van der Waals surface area contributed by atoms with E-state index in [1.165, 1.54) is 0 Å². The molecule has 102 valence electrons. The number of hydrogen-bond donors (Lipinski definition) is 3. The topological polar surface area (TPSA) is 124 Å². The van der Waals surface area contributed by atoms with E-state index in [9.17, 15) is 4.79 Å². The maximum Gasteiger partial charge on any atom is 0.320 e. The van der Waals surface area contributed by atoms with Gasteiger partial charge in [0.1, 0.15) is 17.8 Å². The Morgan fingerprint density at radius 2 is 1.89 bits per heavy atom. The molecular formula is C12H17N5O2. The van der Waals surface area contributed by atoms with E-state index < -0.39 is 6.03 Å². The molecule has 19 heavy (non-hydrogen) atoms. The highest BCUT2D eigenvalue weighted by Crippen LogP contribution is 2.20. The molecular weight excluding hydrogens is 246 g/mol. The standard InChI is InChI=1S/C12H17N5O2/c1-19-9-4-2-8(3-5-9)16-12(18)17-11(7-14)10(15)6-13/h8-9H,2-5,15H2,1H3,(H2,16,17,18)/b11-10-.